The van der Waals surface area contributed by atoms with Gasteiger partial charge in [0.05, 0.1) is 66.1 Å². The Kier molecular flexibility index (Phi) is 25.2. The third-order valence-electron chi connectivity index (χ3n) is 1.59. The number of aliphatic hydroxyl groups excluding tert-OH is 2. The van der Waals surface area contributed by atoms with Gasteiger partial charge < -0.3 is 29.2 Å². The number of nitrogens with two attached hydrogens (primary N) is 1. The number of hydrogen-bond acceptors (Lipinski definition) is 8. The van der Waals surface area contributed by atoms with Crippen LogP contribution in [0.3, 0.4) is 0 Å². The highest BCUT2D eigenvalue weighted by Crippen LogP contribution is 1.82. The fourth-order valence-corrected chi connectivity index (χ4v) is 0.891. The van der Waals surface area contributed by atoms with E-state index in [1.165, 1.54) is 0 Å². The number of aliphatic hydroxyl groups is 2. The monoisotopic (exact) mass is 284 g/mol. The lowest BCUT2D eigenvalue weighted by Gasteiger charge is -2.06. The molecule has 0 fully saturated rings. The van der Waals surface area contributed by atoms with Crippen molar-refractivity contribution in [2.75, 3.05) is 73.1 Å². The third-order valence-corrected chi connectivity index (χ3v) is 1.59. The number of ether oxygens (including phenoxy) is 4. The Morgan fingerprint density at radius 2 is 0.895 bits per heavy atom. The minimum atomic E-state index is 0.0386. The van der Waals surface area contributed by atoms with Gasteiger partial charge in [0.2, 0.25) is 0 Å². The Bertz CT molecular complexity index is 128. The van der Waals surface area contributed by atoms with Gasteiger partial charge in [-0.3, -0.25) is 11.3 Å². The molecule has 0 aliphatic heterocycles. The number of nitrogens with one attached hydrogen (secondary N) is 1. The fraction of sp³-hybridized carbons (Fsp3) is 1.00. The normalized spacial score (nSPS) is 10.1. The molecule has 0 unspecified atom stereocenters. The highest BCUT2D eigenvalue weighted by Gasteiger charge is 1.91. The summed E-state index contributed by atoms with van der Waals surface area (Å²) in [7, 11) is 1.65. The molecule has 0 heterocycles. The summed E-state index contributed by atoms with van der Waals surface area (Å²) >= 11 is 0. The largest absolute Gasteiger partial charge is 0.394 e. The highest BCUT2D eigenvalue weighted by atomic mass is 16.6. The molecule has 0 saturated carbocycles. The van der Waals surface area contributed by atoms with Crippen molar-refractivity contribution in [3.8, 4) is 0 Å². The van der Waals surface area contributed by atoms with Gasteiger partial charge in [-0.1, -0.05) is 0 Å². The topological polar surface area (TPSA) is 115 Å². The van der Waals surface area contributed by atoms with Crippen LogP contribution in [0, 0.1) is 0 Å². The van der Waals surface area contributed by atoms with Gasteiger partial charge in [0.15, 0.2) is 0 Å². The lowest BCUT2D eigenvalue weighted by atomic mass is 10.7. The summed E-state index contributed by atoms with van der Waals surface area (Å²) in [5, 5.41) is 16.8. The van der Waals surface area contributed by atoms with Gasteiger partial charge in [0, 0.05) is 0 Å². The third kappa shape index (κ3) is 27.0. The van der Waals surface area contributed by atoms with E-state index in [0.717, 1.165) is 0 Å². The van der Waals surface area contributed by atoms with Crippen molar-refractivity contribution in [3.63, 3.8) is 0 Å². The summed E-state index contributed by atoms with van der Waals surface area (Å²) in [4.78, 5) is 0. The van der Waals surface area contributed by atoms with Crippen molar-refractivity contribution in [3.05, 3.63) is 0 Å². The Morgan fingerprint density at radius 3 is 1.11 bits per heavy atom. The number of hydrogen-bond donors (Lipinski definition) is 4. The zero-order valence-corrected chi connectivity index (χ0v) is 11.7. The Morgan fingerprint density at radius 1 is 0.684 bits per heavy atom. The van der Waals surface area contributed by atoms with Gasteiger partial charge in [0.1, 0.15) is 0 Å². The van der Waals surface area contributed by atoms with Crippen molar-refractivity contribution in [2.45, 2.75) is 0 Å². The van der Waals surface area contributed by atoms with Crippen LogP contribution in [0.4, 0.5) is 0 Å². The quantitative estimate of drug-likeness (QED) is 0.176. The first-order valence-electron chi connectivity index (χ1n) is 6.23. The maximum absolute atomic E-state index is 8.41. The van der Waals surface area contributed by atoms with Gasteiger partial charge in [-0.2, -0.15) is 0 Å². The van der Waals surface area contributed by atoms with Crippen LogP contribution in [0.15, 0.2) is 0 Å². The molecule has 8 nitrogen and oxygen atoms in total. The first-order valence-corrected chi connectivity index (χ1v) is 6.23. The maximum atomic E-state index is 8.41. The average Bonchev–Trinajstić information content (AvgIpc) is 2.41. The van der Waals surface area contributed by atoms with E-state index in [0.29, 0.717) is 52.9 Å². The van der Waals surface area contributed by atoms with Crippen LogP contribution in [0.25, 0.3) is 0 Å². The predicted octanol–water partition coefficient (Wildman–Crippen LogP) is -1.88. The summed E-state index contributed by atoms with van der Waals surface area (Å²) in [6, 6.07) is 0. The summed E-state index contributed by atoms with van der Waals surface area (Å²) in [5.41, 5.74) is 2.25. The second-order valence-corrected chi connectivity index (χ2v) is 3.19. The maximum Gasteiger partial charge on any atom is 0.0701 e. The van der Waals surface area contributed by atoms with Gasteiger partial charge in [-0.25, -0.2) is 0 Å². The molecule has 0 amide bonds. The molecule has 0 aromatic heterocycles. The van der Waals surface area contributed by atoms with Crippen LogP contribution in [-0.2, 0) is 18.9 Å². The number of hydrazine groups is 1. The van der Waals surface area contributed by atoms with Gasteiger partial charge >= 0.3 is 0 Å². The van der Waals surface area contributed by atoms with Crippen LogP contribution < -0.4 is 11.3 Å². The average molecular weight is 284 g/mol. The zero-order chi connectivity index (χ0) is 14.6. The van der Waals surface area contributed by atoms with Gasteiger partial charge in [-0.05, 0) is 7.05 Å². The van der Waals surface area contributed by atoms with Crippen LogP contribution >= 0.6 is 0 Å². The Balaban J connectivity index is 0. The molecule has 0 bridgehead atoms. The second-order valence-electron chi connectivity index (χ2n) is 3.19. The van der Waals surface area contributed by atoms with Crippen molar-refractivity contribution < 1.29 is 29.2 Å². The molecule has 0 aromatic carbocycles. The molecule has 0 aliphatic carbocycles. The second kappa shape index (κ2) is 22.8. The highest BCUT2D eigenvalue weighted by molar-refractivity contribution is 4.34. The molecule has 19 heavy (non-hydrogen) atoms. The van der Waals surface area contributed by atoms with Crippen molar-refractivity contribution in [2.24, 2.45) is 5.84 Å². The lowest BCUT2D eigenvalue weighted by Crippen LogP contribution is -2.13. The van der Waals surface area contributed by atoms with Crippen LogP contribution in [0.2, 0.25) is 0 Å². The predicted molar refractivity (Wildman–Crippen MR) is 70.7 cm³/mol. The molecule has 0 atom stereocenters. The van der Waals surface area contributed by atoms with E-state index in [2.05, 4.69) is 11.3 Å². The minimum Gasteiger partial charge on any atom is -0.394 e. The standard InChI is InChI=1S/C10H22O6.CH6N2/c11-1-3-13-5-7-15-9-10-16-8-6-14-4-2-12;1-3-2/h11-12H,1-10H2;3H,2H2,1H3. The van der Waals surface area contributed by atoms with E-state index in [9.17, 15) is 0 Å². The first-order chi connectivity index (χ1) is 9.33. The van der Waals surface area contributed by atoms with Crippen molar-refractivity contribution in [1.82, 2.24) is 5.43 Å². The van der Waals surface area contributed by atoms with Gasteiger partial charge in [0.25, 0.3) is 0 Å². The summed E-state index contributed by atoms with van der Waals surface area (Å²) < 4.78 is 20.4. The molecular weight excluding hydrogens is 256 g/mol. The SMILES string of the molecule is CNN.OCCOCCOCCOCCOCCO. The molecule has 0 aliphatic rings. The molecule has 8 heteroatoms. The molecule has 118 valence electrons. The molecule has 0 rings (SSSR count). The van der Waals surface area contributed by atoms with Crippen molar-refractivity contribution in [1.29, 1.82) is 0 Å². The Labute approximate surface area is 114 Å². The van der Waals surface area contributed by atoms with E-state index in [4.69, 9.17) is 29.2 Å². The van der Waals surface area contributed by atoms with E-state index in [1.807, 2.05) is 0 Å². The van der Waals surface area contributed by atoms with Gasteiger partial charge in [-0.15, -0.1) is 0 Å². The molecule has 0 aromatic rings. The molecule has 5 N–H and O–H groups in total. The molecular formula is C11H28N2O6. The smallest absolute Gasteiger partial charge is 0.0701 e. The number of rotatable bonds is 13. The molecule has 0 saturated heterocycles. The summed E-state index contributed by atoms with van der Waals surface area (Å²) in [6.07, 6.45) is 0. The lowest BCUT2D eigenvalue weighted by molar-refractivity contribution is -0.00856. The van der Waals surface area contributed by atoms with Crippen LogP contribution in [0.1, 0.15) is 0 Å². The Hall–Kier alpha value is -0.320. The molecule has 0 radical (unpaired) electrons. The van der Waals surface area contributed by atoms with E-state index in [1.54, 1.807) is 7.05 Å². The summed E-state index contributed by atoms with van der Waals surface area (Å²) in [6.45, 7) is 3.79. The molecule has 0 spiro atoms. The van der Waals surface area contributed by atoms with E-state index < -0.39 is 0 Å². The van der Waals surface area contributed by atoms with Crippen LogP contribution in [-0.4, -0.2) is 83.3 Å². The first kappa shape index (κ1) is 21.0. The van der Waals surface area contributed by atoms with E-state index >= 15 is 0 Å². The summed E-state index contributed by atoms with van der Waals surface area (Å²) in [5.74, 6) is 4.60. The van der Waals surface area contributed by atoms with E-state index in [-0.39, 0.29) is 13.2 Å². The zero-order valence-electron chi connectivity index (χ0n) is 11.7. The minimum absolute atomic E-state index is 0.0386. The fourth-order valence-electron chi connectivity index (χ4n) is 0.891. The van der Waals surface area contributed by atoms with Crippen molar-refractivity contribution >= 4 is 0 Å². The van der Waals surface area contributed by atoms with Crippen LogP contribution in [0.5, 0.6) is 0 Å².